The zero-order valence-electron chi connectivity index (χ0n) is 16.0. The molecule has 5 fully saturated rings. The van der Waals surface area contributed by atoms with Crippen LogP contribution in [0.2, 0.25) is 5.28 Å². The number of aromatic nitrogens is 3. The van der Waals surface area contributed by atoms with Crippen LogP contribution < -0.4 is 5.32 Å². The third-order valence-electron chi connectivity index (χ3n) is 7.51. The molecule has 2 aromatic rings. The molecule has 2 aromatic heterocycles. The minimum Gasteiger partial charge on any atom is -0.466 e. The van der Waals surface area contributed by atoms with Crippen LogP contribution in [0.5, 0.6) is 0 Å². The van der Waals surface area contributed by atoms with Gasteiger partial charge in [0.1, 0.15) is 5.52 Å². The smallest absolute Gasteiger partial charge is 0.311 e. The van der Waals surface area contributed by atoms with E-state index in [2.05, 4.69) is 27.5 Å². The van der Waals surface area contributed by atoms with Crippen molar-refractivity contribution in [2.45, 2.75) is 51.0 Å². The Morgan fingerprint density at radius 1 is 1.21 bits per heavy atom. The van der Waals surface area contributed by atoms with E-state index in [1.807, 2.05) is 11.4 Å². The number of esters is 1. The average molecular weight is 401 g/mol. The predicted octanol–water partition coefficient (Wildman–Crippen LogP) is 3.90. The normalized spacial score (nSPS) is 35.6. The Bertz CT molecular complexity index is 955. The molecule has 0 amide bonds. The van der Waals surface area contributed by atoms with Crippen LogP contribution in [0.1, 0.15) is 50.6 Å². The second kappa shape index (κ2) is 6.09. The van der Waals surface area contributed by atoms with Gasteiger partial charge in [0.2, 0.25) is 5.28 Å². The van der Waals surface area contributed by atoms with Crippen molar-refractivity contribution < 1.29 is 9.53 Å². The number of anilines is 1. The molecule has 5 aliphatic rings. The molecule has 28 heavy (non-hydrogen) atoms. The van der Waals surface area contributed by atoms with Gasteiger partial charge in [-0.1, -0.05) is 0 Å². The summed E-state index contributed by atoms with van der Waals surface area (Å²) in [5.74, 6) is 3.60. The Labute approximate surface area is 169 Å². The maximum absolute atomic E-state index is 12.9. The zero-order chi connectivity index (χ0) is 19.0. The first-order valence-electron chi connectivity index (χ1n) is 10.6. The van der Waals surface area contributed by atoms with E-state index in [0.29, 0.717) is 24.4 Å². The summed E-state index contributed by atoms with van der Waals surface area (Å²) in [6, 6.07) is 4.28. The highest BCUT2D eigenvalue weighted by Gasteiger charge is 2.63. The Kier molecular flexibility index (Phi) is 3.71. The van der Waals surface area contributed by atoms with Gasteiger partial charge in [-0.05, 0) is 86.4 Å². The maximum atomic E-state index is 12.9. The van der Waals surface area contributed by atoms with Crippen molar-refractivity contribution in [2.75, 3.05) is 11.9 Å². The van der Waals surface area contributed by atoms with Crippen LogP contribution in [0.4, 0.5) is 5.82 Å². The number of nitrogens with one attached hydrogen (secondary N) is 1. The minimum atomic E-state index is -0.0888. The molecule has 0 saturated heterocycles. The van der Waals surface area contributed by atoms with Crippen molar-refractivity contribution in [2.24, 2.45) is 29.6 Å². The number of carbonyl (C=O) groups excluding carboxylic acids is 1. The molecule has 0 spiro atoms. The summed E-state index contributed by atoms with van der Waals surface area (Å²) in [7, 11) is 0. The number of halogens is 1. The van der Waals surface area contributed by atoms with Crippen LogP contribution in [0.3, 0.4) is 0 Å². The molecule has 2 heterocycles. The Hall–Kier alpha value is -1.82. The van der Waals surface area contributed by atoms with Crippen LogP contribution in [0.15, 0.2) is 12.1 Å². The molecule has 1 N–H and O–H groups in total. The SMILES string of the molecule is CCOC(=O)[C@H]1[C@H](Nc2nc(Cl)nn3c(C4CC4)ccc23)[C@@H]2CC[C@H]1C1CC12. The largest absolute Gasteiger partial charge is 0.466 e. The third kappa shape index (κ3) is 2.49. The molecule has 6 atom stereocenters. The van der Waals surface area contributed by atoms with E-state index in [1.54, 1.807) is 0 Å². The van der Waals surface area contributed by atoms with Crippen LogP contribution in [-0.4, -0.2) is 33.2 Å². The van der Waals surface area contributed by atoms with E-state index in [0.717, 1.165) is 29.6 Å². The van der Waals surface area contributed by atoms with Gasteiger partial charge >= 0.3 is 5.97 Å². The summed E-state index contributed by atoms with van der Waals surface area (Å²) in [5, 5.41) is 8.34. The van der Waals surface area contributed by atoms with E-state index in [1.165, 1.54) is 31.4 Å². The van der Waals surface area contributed by atoms with Crippen LogP contribution in [0.25, 0.3) is 5.52 Å². The highest BCUT2D eigenvalue weighted by Crippen LogP contribution is 2.64. The molecule has 0 aliphatic heterocycles. The quantitative estimate of drug-likeness (QED) is 0.771. The first-order valence-corrected chi connectivity index (χ1v) is 11.0. The predicted molar refractivity (Wildman–Crippen MR) is 105 cm³/mol. The first kappa shape index (κ1) is 17.1. The van der Waals surface area contributed by atoms with Gasteiger partial charge in [0.25, 0.3) is 0 Å². The molecule has 0 aromatic carbocycles. The highest BCUT2D eigenvalue weighted by atomic mass is 35.5. The number of ether oxygens (including phenoxy) is 1. The first-order chi connectivity index (χ1) is 13.7. The Balaban J connectivity index is 1.38. The van der Waals surface area contributed by atoms with Crippen LogP contribution >= 0.6 is 11.6 Å². The second-order valence-electron chi connectivity index (χ2n) is 8.98. The fraction of sp³-hybridized carbons (Fsp3) is 0.667. The molecular weight excluding hydrogens is 376 g/mol. The minimum absolute atomic E-state index is 0.0507. The Morgan fingerprint density at radius 3 is 2.79 bits per heavy atom. The van der Waals surface area contributed by atoms with E-state index in [9.17, 15) is 4.79 Å². The summed E-state index contributed by atoms with van der Waals surface area (Å²) in [5.41, 5.74) is 2.15. The van der Waals surface area contributed by atoms with Crippen molar-refractivity contribution in [1.82, 2.24) is 14.6 Å². The van der Waals surface area contributed by atoms with E-state index >= 15 is 0 Å². The van der Waals surface area contributed by atoms with Crippen molar-refractivity contribution >= 4 is 28.9 Å². The molecule has 5 aliphatic carbocycles. The van der Waals surface area contributed by atoms with Gasteiger partial charge in [0, 0.05) is 17.7 Å². The molecular formula is C21H25ClN4O2. The van der Waals surface area contributed by atoms with Gasteiger partial charge in [0.05, 0.1) is 12.5 Å². The number of hydrogen-bond acceptors (Lipinski definition) is 5. The molecule has 148 valence electrons. The van der Waals surface area contributed by atoms with Crippen molar-refractivity contribution in [3.8, 4) is 0 Å². The number of carbonyl (C=O) groups is 1. The molecule has 0 radical (unpaired) electrons. The summed E-state index contributed by atoms with van der Waals surface area (Å²) in [6.45, 7) is 2.32. The van der Waals surface area contributed by atoms with Crippen LogP contribution in [0, 0.1) is 29.6 Å². The van der Waals surface area contributed by atoms with Crippen molar-refractivity contribution in [3.63, 3.8) is 0 Å². The van der Waals surface area contributed by atoms with Gasteiger partial charge in [-0.15, -0.1) is 5.10 Å². The van der Waals surface area contributed by atoms with E-state index in [-0.39, 0.29) is 23.2 Å². The Morgan fingerprint density at radius 2 is 2.00 bits per heavy atom. The highest BCUT2D eigenvalue weighted by molar-refractivity contribution is 6.28. The van der Waals surface area contributed by atoms with Gasteiger partial charge < -0.3 is 10.1 Å². The molecule has 5 saturated carbocycles. The van der Waals surface area contributed by atoms with Gasteiger partial charge in [-0.2, -0.15) is 4.98 Å². The lowest BCUT2D eigenvalue weighted by Crippen LogP contribution is -2.53. The summed E-state index contributed by atoms with van der Waals surface area (Å²) >= 11 is 6.29. The number of rotatable bonds is 5. The zero-order valence-corrected chi connectivity index (χ0v) is 16.7. The van der Waals surface area contributed by atoms with E-state index < -0.39 is 0 Å². The monoisotopic (exact) mass is 400 g/mol. The lowest BCUT2D eigenvalue weighted by atomic mass is 9.61. The fourth-order valence-electron chi connectivity index (χ4n) is 6.16. The van der Waals surface area contributed by atoms with Crippen molar-refractivity contribution in [1.29, 1.82) is 0 Å². The average Bonchev–Trinajstić information content (AvgIpc) is 3.59. The van der Waals surface area contributed by atoms with Crippen LogP contribution in [-0.2, 0) is 9.53 Å². The summed E-state index contributed by atoms with van der Waals surface area (Å²) in [6.07, 6.45) is 6.00. The molecule has 2 bridgehead atoms. The standard InChI is InChI=1S/C21H25ClN4O2/c1-2-28-20(27)17-11-5-6-12(14-9-13(11)14)18(17)23-19-16-8-7-15(10-3-4-10)26(16)25-21(22)24-19/h7-8,10-14,17-18H,2-6,9H2,1H3,(H,23,24,25)/t11-,12+,13?,14?,17+,18+/m0/s1. The molecule has 7 heteroatoms. The summed E-state index contributed by atoms with van der Waals surface area (Å²) in [4.78, 5) is 17.4. The lowest BCUT2D eigenvalue weighted by Gasteiger charge is -2.47. The fourth-order valence-corrected chi connectivity index (χ4v) is 6.32. The number of hydrogen-bond donors (Lipinski definition) is 1. The number of fused-ring (bicyclic) bond motifs is 3. The maximum Gasteiger partial charge on any atom is 0.311 e. The number of nitrogens with zero attached hydrogens (tertiary/aromatic N) is 3. The third-order valence-corrected chi connectivity index (χ3v) is 7.67. The molecule has 7 rings (SSSR count). The van der Waals surface area contributed by atoms with Gasteiger partial charge in [0.15, 0.2) is 5.82 Å². The molecule has 6 nitrogen and oxygen atoms in total. The lowest BCUT2D eigenvalue weighted by molar-refractivity contribution is -0.155. The van der Waals surface area contributed by atoms with Crippen molar-refractivity contribution in [3.05, 3.63) is 23.1 Å². The van der Waals surface area contributed by atoms with E-state index in [4.69, 9.17) is 16.3 Å². The molecule has 2 unspecified atom stereocenters. The van der Waals surface area contributed by atoms with Gasteiger partial charge in [-0.25, -0.2) is 4.52 Å². The topological polar surface area (TPSA) is 68.5 Å². The van der Waals surface area contributed by atoms with Gasteiger partial charge in [-0.3, -0.25) is 4.79 Å². The summed E-state index contributed by atoms with van der Waals surface area (Å²) < 4.78 is 7.42. The second-order valence-corrected chi connectivity index (χ2v) is 9.31.